The highest BCUT2D eigenvalue weighted by Gasteiger charge is 2.62. The van der Waals surface area contributed by atoms with Gasteiger partial charge >= 0.3 is 0 Å². The predicted molar refractivity (Wildman–Crippen MR) is 129 cm³/mol. The molecule has 0 bridgehead atoms. The first kappa shape index (κ1) is 25.0. The molecule has 1 fully saturated rings. The van der Waals surface area contributed by atoms with Crippen molar-refractivity contribution in [3.8, 4) is 0 Å². The highest BCUT2D eigenvalue weighted by atomic mass is 31.0. The van der Waals surface area contributed by atoms with Crippen molar-refractivity contribution < 1.29 is 28.0 Å². The number of hydrogen-bond donors (Lipinski definition) is 3. The summed E-state index contributed by atoms with van der Waals surface area (Å²) in [6.07, 6.45) is -0.587. The Morgan fingerprint density at radius 1 is 1.11 bits per heavy atom. The molecule has 8 nitrogen and oxygen atoms in total. The lowest BCUT2D eigenvalue weighted by atomic mass is 9.72. The fourth-order valence-corrected chi connectivity index (χ4v) is 5.20. The fourth-order valence-electron chi connectivity index (χ4n) is 5.02. The lowest BCUT2D eigenvalue weighted by Crippen LogP contribution is -2.69. The van der Waals surface area contributed by atoms with Crippen LogP contribution in [-0.2, 0) is 22.6 Å². The number of nitrogens with zero attached hydrogens (tertiary/aromatic N) is 1. The van der Waals surface area contributed by atoms with E-state index < -0.39 is 47.8 Å². The van der Waals surface area contributed by atoms with Crippen LogP contribution in [0.25, 0.3) is 0 Å². The summed E-state index contributed by atoms with van der Waals surface area (Å²) in [6.45, 7) is 4.01. The van der Waals surface area contributed by atoms with Gasteiger partial charge in [-0.05, 0) is 55.3 Å². The molecular formula is C24H27F2N4O4P. The maximum atomic E-state index is 13.6. The average Bonchev–Trinajstić information content (AvgIpc) is 3.33. The van der Waals surface area contributed by atoms with E-state index in [0.29, 0.717) is 36.3 Å². The summed E-state index contributed by atoms with van der Waals surface area (Å²) < 4.78 is 28.9. The summed E-state index contributed by atoms with van der Waals surface area (Å²) in [5.74, 6) is -6.40. The summed E-state index contributed by atoms with van der Waals surface area (Å²) in [4.78, 5) is 51.5. The Morgan fingerprint density at radius 2 is 1.80 bits per heavy atom. The van der Waals surface area contributed by atoms with Crippen LogP contribution in [0, 0.1) is 13.8 Å². The molecule has 4 rings (SSSR count). The number of nitrogens with one attached hydrogen (secondary N) is 3. The van der Waals surface area contributed by atoms with E-state index >= 15 is 0 Å². The van der Waals surface area contributed by atoms with Crippen LogP contribution in [0.1, 0.15) is 56.9 Å². The van der Waals surface area contributed by atoms with Gasteiger partial charge in [0.15, 0.2) is 0 Å². The molecule has 1 aliphatic carbocycles. The van der Waals surface area contributed by atoms with Crippen molar-refractivity contribution in [3.05, 3.63) is 46.3 Å². The third kappa shape index (κ3) is 4.35. The van der Waals surface area contributed by atoms with Crippen molar-refractivity contribution in [2.75, 3.05) is 12.4 Å². The number of likely N-dealkylation sites (N-methyl/N-ethyl adjacent to an activating group) is 1. The molecule has 1 saturated carbocycles. The monoisotopic (exact) mass is 504 g/mol. The molecule has 0 saturated heterocycles. The molecule has 3 N–H and O–H groups in total. The highest BCUT2D eigenvalue weighted by molar-refractivity contribution is 7.27. The highest BCUT2D eigenvalue weighted by Crippen LogP contribution is 2.46. The van der Waals surface area contributed by atoms with Crippen LogP contribution in [0.15, 0.2) is 18.2 Å². The van der Waals surface area contributed by atoms with Gasteiger partial charge < -0.3 is 20.5 Å². The Morgan fingerprint density at radius 3 is 2.40 bits per heavy atom. The normalized spacial score (nSPS) is 17.2. The average molecular weight is 504 g/mol. The molecule has 2 aliphatic rings. The quantitative estimate of drug-likeness (QED) is 0.318. The number of carbonyl (C=O) groups is 4. The summed E-state index contributed by atoms with van der Waals surface area (Å²) >= 11 is 0. The second-order valence-corrected chi connectivity index (χ2v) is 9.85. The number of rotatable bonds is 6. The maximum absolute atomic E-state index is 13.6. The first-order chi connectivity index (χ1) is 16.4. The standard InChI is InChI=1S/C24H27F2N4O4P/c1-12-9-14(6-7-16(12)35)28-20(32)18-13(2)17(15-5-4-8-30(15)18)19(31)21(33)29-23(22(34)27-3)10-24(25,26)11-23/h6-7,9H,4-5,8,10-11,35H2,1-3H3,(H,27,34)(H,28,32)(H,29,33). The minimum atomic E-state index is -3.10. The van der Waals surface area contributed by atoms with E-state index in [9.17, 15) is 28.0 Å². The first-order valence-electron chi connectivity index (χ1n) is 11.3. The van der Waals surface area contributed by atoms with Gasteiger partial charge in [0.05, 0.1) is 5.56 Å². The number of ketones is 1. The topological polar surface area (TPSA) is 109 Å². The number of aromatic nitrogens is 1. The SMILES string of the molecule is CNC(=O)C1(NC(=O)C(=O)c2c(C)c(C(=O)Nc3ccc(P)c(C)c3)n3c2CCC3)CC(F)(F)C1. The number of carbonyl (C=O) groups excluding carboxylic acids is 4. The Hall–Kier alpha value is -3.13. The third-order valence-corrected chi connectivity index (χ3v) is 7.37. The second-order valence-electron chi connectivity index (χ2n) is 9.23. The number of anilines is 1. The molecule has 2 heterocycles. The van der Waals surface area contributed by atoms with E-state index in [1.54, 1.807) is 17.6 Å². The van der Waals surface area contributed by atoms with Crippen LogP contribution in [-0.4, -0.2) is 46.6 Å². The van der Waals surface area contributed by atoms with Gasteiger partial charge in [0, 0.05) is 37.8 Å². The zero-order valence-electron chi connectivity index (χ0n) is 19.7. The number of amides is 3. The van der Waals surface area contributed by atoms with Crippen LogP contribution in [0.3, 0.4) is 0 Å². The van der Waals surface area contributed by atoms with E-state index in [4.69, 9.17) is 0 Å². The van der Waals surface area contributed by atoms with E-state index in [0.717, 1.165) is 10.9 Å². The van der Waals surface area contributed by atoms with Crippen LogP contribution in [0.5, 0.6) is 0 Å². The zero-order chi connectivity index (χ0) is 25.7. The molecule has 2 aromatic rings. The van der Waals surface area contributed by atoms with Crippen molar-refractivity contribution in [1.29, 1.82) is 0 Å². The fraction of sp³-hybridized carbons (Fsp3) is 0.417. The summed E-state index contributed by atoms with van der Waals surface area (Å²) in [5, 5.41) is 8.38. The van der Waals surface area contributed by atoms with Crippen LogP contribution >= 0.6 is 9.24 Å². The van der Waals surface area contributed by atoms with Gasteiger partial charge in [-0.2, -0.15) is 0 Å². The van der Waals surface area contributed by atoms with Crippen molar-refractivity contribution >= 4 is 43.7 Å². The minimum absolute atomic E-state index is 0.0831. The lowest BCUT2D eigenvalue weighted by Gasteiger charge is -2.45. The third-order valence-electron chi connectivity index (χ3n) is 6.72. The molecule has 1 aromatic heterocycles. The Bertz CT molecular complexity index is 1260. The van der Waals surface area contributed by atoms with Gasteiger partial charge in [-0.15, -0.1) is 9.24 Å². The number of alkyl halides is 2. The van der Waals surface area contributed by atoms with E-state index in [2.05, 4.69) is 25.2 Å². The maximum Gasteiger partial charge on any atom is 0.293 e. The van der Waals surface area contributed by atoms with Gasteiger partial charge in [0.2, 0.25) is 5.91 Å². The Kier molecular flexibility index (Phi) is 6.30. The first-order valence-corrected chi connectivity index (χ1v) is 11.8. The molecule has 1 aliphatic heterocycles. The second kappa shape index (κ2) is 8.82. The van der Waals surface area contributed by atoms with Gasteiger partial charge in [-0.1, -0.05) is 6.07 Å². The number of halogens is 2. The Labute approximate surface area is 203 Å². The van der Waals surface area contributed by atoms with Crippen LogP contribution < -0.4 is 21.3 Å². The summed E-state index contributed by atoms with van der Waals surface area (Å²) in [7, 11) is 3.89. The van der Waals surface area contributed by atoms with Crippen molar-refractivity contribution in [1.82, 2.24) is 15.2 Å². The van der Waals surface area contributed by atoms with E-state index in [1.807, 2.05) is 19.1 Å². The number of aryl methyl sites for hydroxylation is 1. The molecule has 11 heteroatoms. The number of benzene rings is 1. The molecule has 186 valence electrons. The Balaban J connectivity index is 1.62. The molecule has 1 aromatic carbocycles. The molecule has 0 radical (unpaired) electrons. The van der Waals surface area contributed by atoms with Gasteiger partial charge in [0.25, 0.3) is 23.5 Å². The number of hydrogen-bond acceptors (Lipinski definition) is 4. The molecule has 3 amide bonds. The van der Waals surface area contributed by atoms with E-state index in [1.165, 1.54) is 7.05 Å². The summed E-state index contributed by atoms with van der Waals surface area (Å²) in [6, 6.07) is 5.45. The van der Waals surface area contributed by atoms with Crippen molar-refractivity contribution in [2.45, 2.75) is 57.5 Å². The molecule has 0 spiro atoms. The van der Waals surface area contributed by atoms with Crippen LogP contribution in [0.2, 0.25) is 0 Å². The molecule has 1 unspecified atom stereocenters. The molecular weight excluding hydrogens is 477 g/mol. The van der Waals surface area contributed by atoms with Crippen LogP contribution in [0.4, 0.5) is 14.5 Å². The summed E-state index contributed by atoms with van der Waals surface area (Å²) in [5.41, 5.74) is 0.975. The molecule has 1 atom stereocenters. The minimum Gasteiger partial charge on any atom is -0.357 e. The van der Waals surface area contributed by atoms with Gasteiger partial charge in [-0.25, -0.2) is 8.78 Å². The van der Waals surface area contributed by atoms with Gasteiger partial charge in [0.1, 0.15) is 11.2 Å². The zero-order valence-corrected chi connectivity index (χ0v) is 20.8. The molecule has 35 heavy (non-hydrogen) atoms. The van der Waals surface area contributed by atoms with Crippen molar-refractivity contribution in [3.63, 3.8) is 0 Å². The van der Waals surface area contributed by atoms with Gasteiger partial charge in [-0.3, -0.25) is 19.2 Å². The van der Waals surface area contributed by atoms with Crippen molar-refractivity contribution in [2.24, 2.45) is 0 Å². The predicted octanol–water partition coefficient (Wildman–Crippen LogP) is 2.02. The smallest absolute Gasteiger partial charge is 0.293 e. The number of Topliss-reactive ketones (excluding diaryl/α,β-unsaturated/α-hetero) is 1. The lowest BCUT2D eigenvalue weighted by molar-refractivity contribution is -0.164. The van der Waals surface area contributed by atoms with E-state index in [-0.39, 0.29) is 11.3 Å². The largest absolute Gasteiger partial charge is 0.357 e. The number of fused-ring (bicyclic) bond motifs is 1.